The lowest BCUT2D eigenvalue weighted by Crippen LogP contribution is -2.50. The zero-order valence-electron chi connectivity index (χ0n) is 33.1. The summed E-state index contributed by atoms with van der Waals surface area (Å²) in [7, 11) is -4.50. The van der Waals surface area contributed by atoms with Crippen LogP contribution in [0.2, 0.25) is 0 Å². The predicted molar refractivity (Wildman–Crippen MR) is 199 cm³/mol. The van der Waals surface area contributed by atoms with E-state index in [1.165, 1.54) is 20.8 Å². The summed E-state index contributed by atoms with van der Waals surface area (Å²) in [5.74, 6) is -2.88. The first-order valence-electron chi connectivity index (χ1n) is 17.9. The minimum atomic E-state index is -4.50. The number of Topliss-reactive ketones (excluding diaryl/α,β-unsaturated/α-hetero) is 3. The van der Waals surface area contributed by atoms with E-state index in [4.69, 9.17) is 14.2 Å². The van der Waals surface area contributed by atoms with Crippen molar-refractivity contribution in [3.05, 3.63) is 5.21 Å². The molecule has 0 spiro atoms. The molecular weight excluding hydrogens is 716 g/mol. The number of ketones is 3. The highest BCUT2D eigenvalue weighted by Crippen LogP contribution is 2.34. The molecule has 0 saturated carbocycles. The molecule has 0 aromatic heterocycles. The molecule has 310 valence electrons. The minimum Gasteiger partial charge on any atom is -0.785 e. The number of hydrogen-bond acceptors (Lipinski definition) is 14. The maximum atomic E-state index is 13.0. The van der Waals surface area contributed by atoms with Gasteiger partial charge in [-0.25, -0.2) is 0 Å². The molecule has 0 heterocycles. The van der Waals surface area contributed by atoms with Crippen LogP contribution in [-0.4, -0.2) is 141 Å². The van der Waals surface area contributed by atoms with E-state index in [-0.39, 0.29) is 82.7 Å². The SMILES string of the molecule is CC(=O)CCCN([O-])CCOCCNC(C)(C)C(=O)COCCOCCNC(C)(C)C(=O)CCC(CS(=O)(=O)O)NC(=O)C(C)(C)CC(C)(C)C(=O)O. The number of carbonyl (C=O) groups is 5. The fourth-order valence-electron chi connectivity index (χ4n) is 5.23. The van der Waals surface area contributed by atoms with Crippen LogP contribution in [0, 0.1) is 16.0 Å². The van der Waals surface area contributed by atoms with Gasteiger partial charge >= 0.3 is 5.97 Å². The van der Waals surface area contributed by atoms with E-state index in [1.807, 2.05) is 0 Å². The Morgan fingerprint density at radius 1 is 0.755 bits per heavy atom. The Kier molecular flexibility index (Phi) is 22.4. The smallest absolute Gasteiger partial charge is 0.309 e. The van der Waals surface area contributed by atoms with E-state index in [2.05, 4.69) is 16.0 Å². The molecule has 1 amide bonds. The molecule has 0 bridgehead atoms. The third kappa shape index (κ3) is 23.2. The van der Waals surface area contributed by atoms with Crippen LogP contribution in [0.25, 0.3) is 0 Å². The number of carboxylic acid groups (broad SMARTS) is 1. The summed E-state index contributed by atoms with van der Waals surface area (Å²) >= 11 is 0. The van der Waals surface area contributed by atoms with Crippen molar-refractivity contribution in [1.82, 2.24) is 21.0 Å². The molecule has 0 saturated heterocycles. The summed E-state index contributed by atoms with van der Waals surface area (Å²) in [4.78, 5) is 61.2. The molecule has 0 aliphatic rings. The van der Waals surface area contributed by atoms with E-state index >= 15 is 0 Å². The van der Waals surface area contributed by atoms with Crippen molar-refractivity contribution in [2.75, 3.05) is 71.6 Å². The second-order valence-corrected chi connectivity index (χ2v) is 17.2. The third-order valence-corrected chi connectivity index (χ3v) is 9.42. The van der Waals surface area contributed by atoms with E-state index < -0.39 is 55.7 Å². The number of nitrogens with zero attached hydrogens (tertiary/aromatic N) is 1. The fraction of sp³-hybridized carbons (Fsp3) is 0.857. The summed E-state index contributed by atoms with van der Waals surface area (Å²) in [6.07, 6.45) is 0.667. The van der Waals surface area contributed by atoms with Gasteiger partial charge in [-0.05, 0) is 74.3 Å². The van der Waals surface area contributed by atoms with Gasteiger partial charge in [0, 0.05) is 43.9 Å². The summed E-state index contributed by atoms with van der Waals surface area (Å²) in [5.41, 5.74) is -4.30. The van der Waals surface area contributed by atoms with Gasteiger partial charge in [-0.1, -0.05) is 13.8 Å². The summed E-state index contributed by atoms with van der Waals surface area (Å²) in [6.45, 7) is 16.5. The van der Waals surface area contributed by atoms with Gasteiger partial charge in [-0.2, -0.15) is 8.42 Å². The van der Waals surface area contributed by atoms with Crippen molar-refractivity contribution in [3.63, 3.8) is 0 Å². The lowest BCUT2D eigenvalue weighted by molar-refractivity contribution is -0.150. The van der Waals surface area contributed by atoms with Crippen molar-refractivity contribution in [3.8, 4) is 0 Å². The van der Waals surface area contributed by atoms with Crippen molar-refractivity contribution in [1.29, 1.82) is 0 Å². The molecule has 1 unspecified atom stereocenters. The second kappa shape index (κ2) is 23.5. The first-order chi connectivity index (χ1) is 24.2. The van der Waals surface area contributed by atoms with Crippen LogP contribution in [-0.2, 0) is 48.3 Å². The molecule has 0 aliphatic heterocycles. The molecule has 0 radical (unpaired) electrons. The Balaban J connectivity index is 4.49. The van der Waals surface area contributed by atoms with Gasteiger partial charge < -0.3 is 50.3 Å². The molecule has 0 aromatic carbocycles. The topological polar surface area (TPSA) is 250 Å². The number of aliphatic carboxylic acids is 1. The standard InChI is InChI=1S/C35H65N4O13S/c1-26(40)11-10-16-39(46)17-20-50-18-14-37-35(8,9)29(42)23-52-22-21-51-19-15-36-34(6,7)28(41)13-12-27(24-53(47,48)49)38-30(43)32(2,3)25-33(4,5)31(44)45/h27,36-37H,10-25H2,1-9H3,(H,38,43)(H,44,45)(H,47,48,49)/q-1. The summed E-state index contributed by atoms with van der Waals surface area (Å²) < 4.78 is 49.2. The number of hydroxylamine groups is 2. The number of carboxylic acids is 1. The van der Waals surface area contributed by atoms with Crippen LogP contribution < -0.4 is 16.0 Å². The predicted octanol–water partition coefficient (Wildman–Crippen LogP) is 1.76. The molecule has 5 N–H and O–H groups in total. The molecular formula is C35H65N4O13S-. The maximum absolute atomic E-state index is 13.0. The van der Waals surface area contributed by atoms with Gasteiger partial charge in [0.25, 0.3) is 10.1 Å². The first kappa shape index (κ1) is 50.6. The third-order valence-electron chi connectivity index (χ3n) is 8.59. The van der Waals surface area contributed by atoms with E-state index in [9.17, 15) is 47.3 Å². The van der Waals surface area contributed by atoms with Gasteiger partial charge in [0.05, 0.1) is 55.3 Å². The number of hydrogen-bond donors (Lipinski definition) is 5. The average Bonchev–Trinajstić information content (AvgIpc) is 3.00. The molecule has 17 nitrogen and oxygen atoms in total. The highest BCUT2D eigenvalue weighted by molar-refractivity contribution is 7.85. The Labute approximate surface area is 315 Å². The van der Waals surface area contributed by atoms with E-state index in [1.54, 1.807) is 41.5 Å². The second-order valence-electron chi connectivity index (χ2n) is 15.7. The molecule has 0 fully saturated rings. The van der Waals surface area contributed by atoms with E-state index in [0.29, 0.717) is 32.5 Å². The monoisotopic (exact) mass is 781 g/mol. The number of nitrogens with one attached hydrogen (secondary N) is 3. The van der Waals surface area contributed by atoms with Gasteiger partial charge in [0.2, 0.25) is 5.91 Å². The van der Waals surface area contributed by atoms with Gasteiger partial charge in [-0.3, -0.25) is 23.7 Å². The zero-order valence-corrected chi connectivity index (χ0v) is 33.9. The van der Waals surface area contributed by atoms with E-state index in [0.717, 1.165) is 5.06 Å². The van der Waals surface area contributed by atoms with Crippen LogP contribution >= 0.6 is 0 Å². The van der Waals surface area contributed by atoms with Crippen molar-refractivity contribution in [2.45, 2.75) is 112 Å². The van der Waals surface area contributed by atoms with Gasteiger partial charge in [-0.15, -0.1) is 0 Å². The zero-order chi connectivity index (χ0) is 41.1. The fourth-order valence-corrected chi connectivity index (χ4v) is 5.99. The Morgan fingerprint density at radius 2 is 1.28 bits per heavy atom. The van der Waals surface area contributed by atoms with Crippen molar-refractivity contribution < 1.29 is 56.3 Å². The minimum absolute atomic E-state index is 0.0347. The lowest BCUT2D eigenvalue weighted by Gasteiger charge is -2.32. The quantitative estimate of drug-likeness (QED) is 0.0371. The lowest BCUT2D eigenvalue weighted by atomic mass is 9.74. The van der Waals surface area contributed by atoms with Crippen LogP contribution in [0.3, 0.4) is 0 Å². The van der Waals surface area contributed by atoms with Crippen LogP contribution in [0.15, 0.2) is 0 Å². The Hall–Kier alpha value is -2.42. The molecule has 0 aliphatic carbocycles. The Morgan fingerprint density at radius 3 is 1.81 bits per heavy atom. The molecule has 1 atom stereocenters. The summed E-state index contributed by atoms with van der Waals surface area (Å²) in [5, 5.41) is 30.8. The van der Waals surface area contributed by atoms with Crippen LogP contribution in [0.4, 0.5) is 0 Å². The number of carbonyl (C=O) groups excluding carboxylic acids is 4. The normalized spacial score (nSPS) is 13.6. The van der Waals surface area contributed by atoms with Gasteiger partial charge in [0.15, 0.2) is 11.6 Å². The molecule has 0 aromatic rings. The Bertz CT molecular complexity index is 1290. The highest BCUT2D eigenvalue weighted by atomic mass is 32.2. The molecule has 0 rings (SSSR count). The molecule has 18 heteroatoms. The number of amides is 1. The van der Waals surface area contributed by atoms with Gasteiger partial charge in [0.1, 0.15) is 12.4 Å². The van der Waals surface area contributed by atoms with Crippen LogP contribution in [0.1, 0.15) is 94.4 Å². The van der Waals surface area contributed by atoms with Crippen molar-refractivity contribution >= 4 is 39.3 Å². The number of rotatable bonds is 32. The number of ether oxygens (including phenoxy) is 3. The summed E-state index contributed by atoms with van der Waals surface area (Å²) in [6, 6.07) is -1.08. The molecule has 53 heavy (non-hydrogen) atoms. The highest BCUT2D eigenvalue weighted by Gasteiger charge is 2.40. The largest absolute Gasteiger partial charge is 0.785 e. The van der Waals surface area contributed by atoms with Crippen molar-refractivity contribution in [2.24, 2.45) is 10.8 Å². The maximum Gasteiger partial charge on any atom is 0.309 e. The van der Waals surface area contributed by atoms with Crippen LogP contribution in [0.5, 0.6) is 0 Å². The first-order valence-corrected chi connectivity index (χ1v) is 19.5. The average molecular weight is 782 g/mol.